The molecule has 0 aromatic carbocycles. The van der Waals surface area contributed by atoms with Crippen molar-refractivity contribution in [2.24, 2.45) is 11.3 Å². The van der Waals surface area contributed by atoms with Gasteiger partial charge in [0.2, 0.25) is 0 Å². The van der Waals surface area contributed by atoms with E-state index in [2.05, 4.69) is 25.7 Å². The number of carbonyl (C=O) groups is 1. The average Bonchev–Trinajstić information content (AvgIpc) is 2.19. The molecular weight excluding hydrogens is 214 g/mol. The highest BCUT2D eigenvalue weighted by molar-refractivity contribution is 5.69. The molecule has 3 heteroatoms. The van der Waals surface area contributed by atoms with Crippen molar-refractivity contribution in [3.8, 4) is 0 Å². The van der Waals surface area contributed by atoms with Crippen LogP contribution in [-0.2, 0) is 9.53 Å². The molecule has 1 aliphatic heterocycles. The van der Waals surface area contributed by atoms with E-state index in [1.807, 2.05) is 6.92 Å². The Bertz CT molecular complexity index is 237. The predicted octanol–water partition coefficient (Wildman–Crippen LogP) is 2.70. The second kappa shape index (κ2) is 6.39. The van der Waals surface area contributed by atoms with Crippen LogP contribution in [0.15, 0.2) is 0 Å². The third-order valence-electron chi connectivity index (χ3n) is 3.17. The molecule has 17 heavy (non-hydrogen) atoms. The molecule has 3 nitrogen and oxygen atoms in total. The molecule has 0 atom stereocenters. The van der Waals surface area contributed by atoms with Crippen molar-refractivity contribution in [2.75, 3.05) is 26.2 Å². The molecule has 1 fully saturated rings. The molecule has 0 spiro atoms. The van der Waals surface area contributed by atoms with Gasteiger partial charge in [-0.15, -0.1) is 0 Å². The van der Waals surface area contributed by atoms with Crippen LogP contribution in [0.4, 0.5) is 0 Å². The summed E-state index contributed by atoms with van der Waals surface area (Å²) in [6.07, 6.45) is 2.88. The van der Waals surface area contributed by atoms with E-state index in [9.17, 15) is 4.79 Å². The first kappa shape index (κ1) is 14.5. The third kappa shape index (κ3) is 6.06. The lowest BCUT2D eigenvalue weighted by Crippen LogP contribution is -2.39. The van der Waals surface area contributed by atoms with Gasteiger partial charge in [0.25, 0.3) is 0 Å². The Balaban J connectivity index is 2.24. The van der Waals surface area contributed by atoms with Gasteiger partial charge in [-0.2, -0.15) is 0 Å². The summed E-state index contributed by atoms with van der Waals surface area (Å²) in [6.45, 7) is 12.6. The van der Waals surface area contributed by atoms with Crippen LogP contribution in [0.25, 0.3) is 0 Å². The lowest BCUT2D eigenvalue weighted by atomic mass is 9.90. The fourth-order valence-corrected chi connectivity index (χ4v) is 2.48. The zero-order valence-corrected chi connectivity index (χ0v) is 11.8. The highest BCUT2D eigenvalue weighted by Crippen LogP contribution is 2.24. The summed E-state index contributed by atoms with van der Waals surface area (Å²) in [7, 11) is 0. The van der Waals surface area contributed by atoms with Gasteiger partial charge in [-0.25, -0.2) is 0 Å². The molecule has 0 N–H and O–H groups in total. The summed E-state index contributed by atoms with van der Waals surface area (Å²) < 4.78 is 5.00. The van der Waals surface area contributed by atoms with Crippen LogP contribution in [-0.4, -0.2) is 37.1 Å². The Morgan fingerprint density at radius 3 is 2.35 bits per heavy atom. The van der Waals surface area contributed by atoms with E-state index in [-0.39, 0.29) is 5.97 Å². The zero-order valence-electron chi connectivity index (χ0n) is 11.8. The number of nitrogens with zero attached hydrogens (tertiary/aromatic N) is 1. The van der Waals surface area contributed by atoms with Gasteiger partial charge in [-0.3, -0.25) is 4.79 Å². The van der Waals surface area contributed by atoms with Crippen LogP contribution in [0.1, 0.15) is 47.0 Å². The standard InChI is InChI=1S/C14H27NO2/c1-5-17-13(16)10-12-6-8-15(9-7-12)11-14(2,3)4/h12H,5-11H2,1-4H3. The van der Waals surface area contributed by atoms with E-state index in [0.29, 0.717) is 24.4 Å². The van der Waals surface area contributed by atoms with E-state index in [1.165, 1.54) is 0 Å². The first-order valence-electron chi connectivity index (χ1n) is 6.78. The van der Waals surface area contributed by atoms with Crippen molar-refractivity contribution in [2.45, 2.75) is 47.0 Å². The van der Waals surface area contributed by atoms with Gasteiger partial charge in [-0.05, 0) is 44.2 Å². The lowest BCUT2D eigenvalue weighted by molar-refractivity contribution is -0.144. The first-order valence-corrected chi connectivity index (χ1v) is 6.78. The number of ether oxygens (including phenoxy) is 1. The van der Waals surface area contributed by atoms with Crippen LogP contribution in [0.5, 0.6) is 0 Å². The molecule has 0 aromatic rings. The van der Waals surface area contributed by atoms with Gasteiger partial charge in [0.05, 0.1) is 6.61 Å². The fraction of sp³-hybridized carbons (Fsp3) is 0.929. The summed E-state index contributed by atoms with van der Waals surface area (Å²) in [5, 5.41) is 0. The molecule has 0 aliphatic carbocycles. The highest BCUT2D eigenvalue weighted by atomic mass is 16.5. The van der Waals surface area contributed by atoms with Gasteiger partial charge in [0, 0.05) is 13.0 Å². The fourth-order valence-electron chi connectivity index (χ4n) is 2.48. The molecule has 0 aromatic heterocycles. The summed E-state index contributed by atoms with van der Waals surface area (Å²) in [5.74, 6) is 0.507. The van der Waals surface area contributed by atoms with Gasteiger partial charge in [0.15, 0.2) is 0 Å². The topological polar surface area (TPSA) is 29.5 Å². The zero-order chi connectivity index (χ0) is 12.9. The summed E-state index contributed by atoms with van der Waals surface area (Å²) >= 11 is 0. The quantitative estimate of drug-likeness (QED) is 0.709. The van der Waals surface area contributed by atoms with Gasteiger partial charge in [-0.1, -0.05) is 20.8 Å². The molecule has 1 rings (SSSR count). The average molecular weight is 241 g/mol. The van der Waals surface area contributed by atoms with Gasteiger partial charge < -0.3 is 9.64 Å². The Kier molecular flexibility index (Phi) is 5.44. The smallest absolute Gasteiger partial charge is 0.306 e. The molecule has 1 heterocycles. The van der Waals surface area contributed by atoms with E-state index >= 15 is 0 Å². The van der Waals surface area contributed by atoms with Crippen molar-refractivity contribution < 1.29 is 9.53 Å². The molecule has 0 radical (unpaired) electrons. The van der Waals surface area contributed by atoms with Crippen molar-refractivity contribution in [3.05, 3.63) is 0 Å². The number of hydrogen-bond acceptors (Lipinski definition) is 3. The maximum Gasteiger partial charge on any atom is 0.306 e. The maximum atomic E-state index is 11.4. The van der Waals surface area contributed by atoms with Crippen molar-refractivity contribution in [1.29, 1.82) is 0 Å². The van der Waals surface area contributed by atoms with Crippen molar-refractivity contribution >= 4 is 5.97 Å². The minimum atomic E-state index is -0.0261. The molecule has 0 saturated carbocycles. The molecule has 1 aliphatic rings. The lowest BCUT2D eigenvalue weighted by Gasteiger charge is -2.35. The molecular formula is C14H27NO2. The second-order valence-corrected chi connectivity index (χ2v) is 6.29. The SMILES string of the molecule is CCOC(=O)CC1CCN(CC(C)(C)C)CC1. The van der Waals surface area contributed by atoms with E-state index in [4.69, 9.17) is 4.74 Å². The Hall–Kier alpha value is -0.570. The number of rotatable bonds is 4. The van der Waals surface area contributed by atoms with E-state index in [0.717, 1.165) is 32.5 Å². The number of piperidine rings is 1. The van der Waals surface area contributed by atoms with Crippen molar-refractivity contribution in [1.82, 2.24) is 4.90 Å². The number of hydrogen-bond donors (Lipinski definition) is 0. The third-order valence-corrected chi connectivity index (χ3v) is 3.17. The van der Waals surface area contributed by atoms with E-state index in [1.54, 1.807) is 0 Å². The molecule has 0 amide bonds. The van der Waals surface area contributed by atoms with E-state index < -0.39 is 0 Å². The summed E-state index contributed by atoms with van der Waals surface area (Å²) in [6, 6.07) is 0. The van der Waals surface area contributed by atoms with Crippen LogP contribution >= 0.6 is 0 Å². The second-order valence-electron chi connectivity index (χ2n) is 6.29. The van der Waals surface area contributed by atoms with Gasteiger partial charge >= 0.3 is 5.97 Å². The summed E-state index contributed by atoms with van der Waals surface area (Å²) in [4.78, 5) is 13.9. The molecule has 0 unspecified atom stereocenters. The van der Waals surface area contributed by atoms with Gasteiger partial charge in [0.1, 0.15) is 0 Å². The minimum Gasteiger partial charge on any atom is -0.466 e. The van der Waals surface area contributed by atoms with Crippen LogP contribution < -0.4 is 0 Å². The maximum absolute atomic E-state index is 11.4. The number of carbonyl (C=O) groups excluding carboxylic acids is 1. The minimum absolute atomic E-state index is 0.0261. The predicted molar refractivity (Wildman–Crippen MR) is 69.9 cm³/mol. The molecule has 1 saturated heterocycles. The first-order chi connectivity index (χ1) is 7.90. The van der Waals surface area contributed by atoms with Crippen molar-refractivity contribution in [3.63, 3.8) is 0 Å². The largest absolute Gasteiger partial charge is 0.466 e. The van der Waals surface area contributed by atoms with Crippen LogP contribution in [0.3, 0.4) is 0 Å². The number of likely N-dealkylation sites (tertiary alicyclic amines) is 1. The van der Waals surface area contributed by atoms with Crippen LogP contribution in [0.2, 0.25) is 0 Å². The Labute approximate surface area is 106 Å². The molecule has 0 bridgehead atoms. The Morgan fingerprint density at radius 1 is 1.29 bits per heavy atom. The Morgan fingerprint density at radius 2 is 1.88 bits per heavy atom. The highest BCUT2D eigenvalue weighted by Gasteiger charge is 2.24. The monoisotopic (exact) mass is 241 g/mol. The summed E-state index contributed by atoms with van der Waals surface area (Å²) in [5.41, 5.74) is 0.369. The number of esters is 1. The van der Waals surface area contributed by atoms with Crippen LogP contribution in [0, 0.1) is 11.3 Å². The normalized spacial score (nSPS) is 19.3. The molecule has 100 valence electrons.